The molecule has 4 bridgehead atoms. The highest BCUT2D eigenvalue weighted by atomic mass is 32.2. The van der Waals surface area contributed by atoms with Gasteiger partial charge in [-0.2, -0.15) is 12.7 Å². The van der Waals surface area contributed by atoms with Crippen molar-refractivity contribution in [3.8, 4) is 17.0 Å². The number of nitrogens with zero attached hydrogens (tertiary/aromatic N) is 3. The van der Waals surface area contributed by atoms with Gasteiger partial charge in [-0.1, -0.05) is 25.2 Å². The maximum atomic E-state index is 14.6. The summed E-state index contributed by atoms with van der Waals surface area (Å²) in [5.41, 5.74) is -1.97. The lowest BCUT2D eigenvalue weighted by Gasteiger charge is -2.24. The molecule has 6 rings (SSSR count). The Labute approximate surface area is 276 Å². The molecule has 0 radical (unpaired) electrons. The molecule has 228 valence electrons. The van der Waals surface area contributed by atoms with Crippen molar-refractivity contribution in [2.75, 3.05) is 47.3 Å². The van der Waals surface area contributed by atoms with Gasteiger partial charge < -0.3 is 18.9 Å². The van der Waals surface area contributed by atoms with E-state index in [-0.39, 0.29) is 48.2 Å². The maximum Gasteiger partial charge on any atom is 0.303 e. The number of carbonyl (C=O) groups excluding carboxylic acids is 2. The number of ether oxygens (including phenoxy) is 2. The molecular weight excluding hydrogens is 568 g/mol. The molecule has 0 saturated heterocycles. The van der Waals surface area contributed by atoms with Crippen LogP contribution in [0.2, 0.25) is 0 Å². The van der Waals surface area contributed by atoms with E-state index in [1.165, 1.54) is 18.2 Å². The first-order valence-electron chi connectivity index (χ1n) is 21.7. The number of benzene rings is 2. The molecule has 43 heavy (non-hydrogen) atoms. The first kappa shape index (κ1) is 15.4. The smallest absolute Gasteiger partial charge is 0.303 e. The van der Waals surface area contributed by atoms with Gasteiger partial charge in [0.15, 0.2) is 0 Å². The van der Waals surface area contributed by atoms with Crippen LogP contribution in [0.5, 0.6) is 5.75 Å². The lowest BCUT2D eigenvalue weighted by molar-refractivity contribution is -0.126. The summed E-state index contributed by atoms with van der Waals surface area (Å²) >= 11 is 0. The standard InChI is InChI=1S/C32H38N4O6S/c1-34-13-15-42-16-14-35(2)43(39,40)33-31(37)22-9-11-27-28(19-22)36-20-24(32(34)38)17-23-18-25(41-3)10-12-26(23)30(36)29(27)21-7-5-4-6-8-21/h9-12,17-19,21H,4-8,13-16,20H2,1-3H3,(H,33,37)/i1D3,2D3,3D3,4D2,5D2,6D2,20D2. The van der Waals surface area contributed by atoms with E-state index in [0.717, 1.165) is 28.8 Å². The summed E-state index contributed by atoms with van der Waals surface area (Å²) in [4.78, 5) is 28.6. The fourth-order valence-electron chi connectivity index (χ4n) is 5.30. The van der Waals surface area contributed by atoms with Gasteiger partial charge in [-0.15, -0.1) is 0 Å². The summed E-state index contributed by atoms with van der Waals surface area (Å²) < 4.78 is 182. The van der Waals surface area contributed by atoms with E-state index in [4.69, 9.17) is 30.0 Å². The predicted molar refractivity (Wildman–Crippen MR) is 165 cm³/mol. The van der Waals surface area contributed by atoms with E-state index in [9.17, 15) is 20.7 Å². The average molecular weight is 624 g/mol. The third-order valence-corrected chi connectivity index (χ3v) is 8.57. The largest absolute Gasteiger partial charge is 0.497 e. The zero-order chi connectivity index (χ0) is 45.0. The Morgan fingerprint density at radius 3 is 2.67 bits per heavy atom. The Hall–Kier alpha value is -3.67. The second-order valence-corrected chi connectivity index (χ2v) is 11.6. The van der Waals surface area contributed by atoms with Crippen LogP contribution in [0.4, 0.5) is 0 Å². The highest BCUT2D eigenvalue weighted by Crippen LogP contribution is 2.47. The first-order valence-corrected chi connectivity index (χ1v) is 14.6. The summed E-state index contributed by atoms with van der Waals surface area (Å²) in [6.45, 7) is -12.8. The first-order chi connectivity index (χ1) is 27.2. The van der Waals surface area contributed by atoms with Crippen LogP contribution < -0.4 is 9.46 Å². The molecule has 1 fully saturated rings. The van der Waals surface area contributed by atoms with Crippen molar-refractivity contribution in [2.24, 2.45) is 0 Å². The minimum Gasteiger partial charge on any atom is -0.497 e. The highest BCUT2D eigenvalue weighted by Gasteiger charge is 2.31. The normalized spacial score (nSPS) is 31.9. The van der Waals surface area contributed by atoms with Crippen LogP contribution >= 0.6 is 0 Å². The quantitative estimate of drug-likeness (QED) is 0.459. The van der Waals surface area contributed by atoms with Crippen molar-refractivity contribution < 1.29 is 50.8 Å². The van der Waals surface area contributed by atoms with Crippen LogP contribution in [-0.4, -0.2) is 81.3 Å². The van der Waals surface area contributed by atoms with Crippen molar-refractivity contribution in [1.82, 2.24) is 18.5 Å². The van der Waals surface area contributed by atoms with Crippen LogP contribution in [0.3, 0.4) is 0 Å². The number of likely N-dealkylation sites (N-methyl/N-ethyl adjacent to an activating group) is 2. The molecule has 2 aromatic carbocycles. The monoisotopic (exact) mass is 623 g/mol. The fourth-order valence-corrected chi connectivity index (χ4v) is 6.07. The molecule has 10 nitrogen and oxygen atoms in total. The summed E-state index contributed by atoms with van der Waals surface area (Å²) in [5.74, 6) is -4.41. The molecule has 1 saturated carbocycles. The van der Waals surface area contributed by atoms with E-state index >= 15 is 0 Å². The van der Waals surface area contributed by atoms with Crippen LogP contribution in [0.15, 0.2) is 42.0 Å². The van der Waals surface area contributed by atoms with Crippen LogP contribution in [-0.2, 0) is 26.2 Å². The van der Waals surface area contributed by atoms with E-state index < -0.39 is 125 Å². The maximum absolute atomic E-state index is 14.6. The van der Waals surface area contributed by atoms with Crippen molar-refractivity contribution in [3.05, 3.63) is 58.7 Å². The Kier molecular flexibility index (Phi) is 4.21. The number of methoxy groups -OCH3 is 1. The number of nitrogens with one attached hydrogen (secondary N) is 1. The molecule has 3 heterocycles. The summed E-state index contributed by atoms with van der Waals surface area (Å²) in [6, 6.07) is 6.90. The van der Waals surface area contributed by atoms with Gasteiger partial charge >= 0.3 is 10.2 Å². The Balaban J connectivity index is 1.74. The number of aromatic nitrogens is 1. The van der Waals surface area contributed by atoms with Gasteiger partial charge in [0.05, 0.1) is 39.3 Å². The molecule has 2 amide bonds. The minimum absolute atomic E-state index is 0.000502. The molecule has 3 aliphatic rings. The highest BCUT2D eigenvalue weighted by molar-refractivity contribution is 7.87. The zero-order valence-corrected chi connectivity index (χ0v) is 23.4. The third-order valence-electron chi connectivity index (χ3n) is 7.37. The number of hydrogen-bond acceptors (Lipinski definition) is 6. The molecule has 2 aliphatic heterocycles. The number of carbonyl (C=O) groups is 2. The molecule has 1 aromatic heterocycles. The van der Waals surface area contributed by atoms with Crippen LogP contribution in [0, 0.1) is 0 Å². The van der Waals surface area contributed by atoms with Gasteiger partial charge in [-0.05, 0) is 66.3 Å². The van der Waals surface area contributed by atoms with Gasteiger partial charge in [0, 0.05) is 71.1 Å². The number of hydrogen-bond donors (Lipinski definition) is 1. The van der Waals surface area contributed by atoms with E-state index in [1.54, 1.807) is 4.72 Å². The number of amides is 2. The number of fused-ring (bicyclic) bond motifs is 4. The molecule has 0 unspecified atom stereocenters. The summed E-state index contributed by atoms with van der Waals surface area (Å²) in [6.07, 6.45) is -9.11. The van der Waals surface area contributed by atoms with Crippen molar-refractivity contribution in [1.29, 1.82) is 0 Å². The van der Waals surface area contributed by atoms with Gasteiger partial charge in [-0.3, -0.25) is 9.59 Å². The summed E-state index contributed by atoms with van der Waals surface area (Å²) in [7, 11) is -8.18. The van der Waals surface area contributed by atoms with Crippen LogP contribution in [0.25, 0.3) is 28.2 Å². The molecule has 0 atom stereocenters. The third kappa shape index (κ3) is 5.57. The van der Waals surface area contributed by atoms with E-state index in [1.807, 2.05) is 0 Å². The zero-order valence-electron chi connectivity index (χ0n) is 39.6. The van der Waals surface area contributed by atoms with Crippen molar-refractivity contribution in [2.45, 2.75) is 44.4 Å². The SMILES string of the molecule is [2H]C([2H])([2H])Oc1ccc2c(c1)C=C1C(=O)N(C([2H])([2H])[2H])CCOCCN(C([2H])([2H])[2H])S(=O)(=O)NC(=O)c3ccc4c(C5CC([2H])([2H])C([2H])([2H])C([2H])([2H])C5)c-2n(c4c3)C1([2H])[2H]. The fraction of sp³-hybridized carbons (Fsp3) is 0.438. The Morgan fingerprint density at radius 1 is 1.05 bits per heavy atom. The van der Waals surface area contributed by atoms with Crippen molar-refractivity contribution in [3.63, 3.8) is 0 Å². The lowest BCUT2D eigenvalue weighted by Crippen LogP contribution is -2.42. The van der Waals surface area contributed by atoms with Gasteiger partial charge in [0.1, 0.15) is 5.75 Å². The Bertz CT molecular complexity index is 2370. The molecule has 1 aliphatic carbocycles. The molecule has 11 heteroatoms. The van der Waals surface area contributed by atoms with E-state index in [2.05, 4.69) is 0 Å². The van der Waals surface area contributed by atoms with Gasteiger partial charge in [0.25, 0.3) is 11.8 Å². The van der Waals surface area contributed by atoms with Gasteiger partial charge in [0.2, 0.25) is 0 Å². The molecule has 1 N–H and O–H groups in total. The molecular formula is C32H38N4O6S. The lowest BCUT2D eigenvalue weighted by atomic mass is 9.81. The van der Waals surface area contributed by atoms with Crippen LogP contribution in [0.1, 0.15) is 82.7 Å². The second-order valence-electron chi connectivity index (χ2n) is 10.0. The second kappa shape index (κ2) is 11.8. The predicted octanol–water partition coefficient (Wildman–Crippen LogP) is 4.16. The minimum atomic E-state index is -5.18. The topological polar surface area (TPSA) is 110 Å². The average Bonchev–Trinajstić information content (AvgIpc) is 3.37. The summed E-state index contributed by atoms with van der Waals surface area (Å²) in [5, 5.41) is -0.00192. The van der Waals surface area contributed by atoms with Crippen molar-refractivity contribution >= 4 is 39.0 Å². The van der Waals surface area contributed by atoms with E-state index in [0.29, 0.717) is 0 Å². The Morgan fingerprint density at radius 2 is 1.88 bits per heavy atom. The van der Waals surface area contributed by atoms with Gasteiger partial charge in [-0.25, -0.2) is 4.72 Å². The molecule has 0 spiro atoms. The molecule has 3 aromatic rings. The number of rotatable bonds is 2.